The average Bonchev–Trinajstić information content (AvgIpc) is 3.37. The van der Waals surface area contributed by atoms with Crippen molar-refractivity contribution in [2.45, 2.75) is 12.8 Å². The predicted molar refractivity (Wildman–Crippen MR) is 156 cm³/mol. The van der Waals surface area contributed by atoms with Gasteiger partial charge in [0.2, 0.25) is 0 Å². The van der Waals surface area contributed by atoms with Crippen LogP contribution in [0.3, 0.4) is 0 Å². The zero-order valence-electron chi connectivity index (χ0n) is 20.8. The topological polar surface area (TPSA) is 38.9 Å². The normalized spacial score (nSPS) is 12.5. The first-order valence-electron chi connectivity index (χ1n) is 12.8. The van der Waals surface area contributed by atoms with Crippen LogP contribution in [-0.4, -0.2) is 17.8 Å². The molecule has 0 saturated carbocycles. The Kier molecular flexibility index (Phi) is 5.51. The lowest BCUT2D eigenvalue weighted by Gasteiger charge is -2.10. The van der Waals surface area contributed by atoms with Gasteiger partial charge in [-0.15, -0.1) is 0 Å². The van der Waals surface area contributed by atoms with Gasteiger partial charge in [0, 0.05) is 33.2 Å². The number of aromatic nitrogens is 2. The van der Waals surface area contributed by atoms with Gasteiger partial charge in [-0.2, -0.15) is 0 Å². The minimum atomic E-state index is 0.693. The Morgan fingerprint density at radius 1 is 0.658 bits per heavy atom. The molecular formula is C34H23BN2O. The Hall–Kier alpha value is -4.70. The van der Waals surface area contributed by atoms with Crippen molar-refractivity contribution >= 4 is 30.4 Å². The molecule has 0 amide bonds. The van der Waals surface area contributed by atoms with E-state index in [9.17, 15) is 0 Å². The van der Waals surface area contributed by atoms with E-state index in [1.165, 1.54) is 10.9 Å². The number of furan rings is 1. The van der Waals surface area contributed by atoms with Gasteiger partial charge >= 0.3 is 0 Å². The molecule has 0 unspecified atom stereocenters. The van der Waals surface area contributed by atoms with Crippen LogP contribution in [0.25, 0.3) is 62.1 Å². The molecule has 0 bridgehead atoms. The summed E-state index contributed by atoms with van der Waals surface area (Å²) < 4.78 is 6.31. The fourth-order valence-electron chi connectivity index (χ4n) is 5.16. The number of aryl methyl sites for hydroxylation is 1. The second-order valence-electron chi connectivity index (χ2n) is 9.60. The Balaban J connectivity index is 1.31. The smallest absolute Gasteiger partial charge is 0.160 e. The first-order valence-corrected chi connectivity index (χ1v) is 12.8. The third-order valence-electron chi connectivity index (χ3n) is 7.14. The van der Waals surface area contributed by atoms with Crippen molar-refractivity contribution < 1.29 is 4.42 Å². The highest BCUT2D eigenvalue weighted by molar-refractivity contribution is 6.32. The van der Waals surface area contributed by atoms with Crippen LogP contribution in [0, 0.1) is 0 Å². The molecule has 0 spiro atoms. The third-order valence-corrected chi connectivity index (χ3v) is 7.14. The molecule has 2 aromatic heterocycles. The van der Waals surface area contributed by atoms with E-state index < -0.39 is 0 Å². The molecule has 6 aromatic rings. The van der Waals surface area contributed by atoms with Crippen LogP contribution in [0.4, 0.5) is 0 Å². The lowest BCUT2D eigenvalue weighted by atomic mass is 9.94. The molecule has 1 aliphatic rings. The van der Waals surface area contributed by atoms with Gasteiger partial charge in [-0.1, -0.05) is 109 Å². The van der Waals surface area contributed by atoms with E-state index >= 15 is 0 Å². The number of nitrogens with zero attached hydrogens (tertiary/aromatic N) is 2. The van der Waals surface area contributed by atoms with Gasteiger partial charge < -0.3 is 4.42 Å². The molecule has 1 aliphatic carbocycles. The number of hydrogen-bond donors (Lipinski definition) is 0. The van der Waals surface area contributed by atoms with Gasteiger partial charge in [0.1, 0.15) is 19.2 Å². The standard InChI is InChI=1S/C34H23BN2O/c35-26-19-17-24(18-20-26)31-21-30(36-34(37-31)25-7-2-1-3-8-25)23-15-13-22(14-16-23)27-10-6-11-29-28-9-4-5-12-32(28)38-33(27)29/h1-3,5-8,10-21H,4,9H2. The van der Waals surface area contributed by atoms with Crippen LogP contribution in [0.15, 0.2) is 114 Å². The summed E-state index contributed by atoms with van der Waals surface area (Å²) in [5.41, 5.74) is 9.94. The lowest BCUT2D eigenvalue weighted by molar-refractivity contribution is 0.596. The van der Waals surface area contributed by atoms with Crippen molar-refractivity contribution in [3.8, 4) is 45.0 Å². The number of fused-ring (bicyclic) bond motifs is 3. The number of rotatable bonds is 4. The highest BCUT2D eigenvalue weighted by Crippen LogP contribution is 2.37. The van der Waals surface area contributed by atoms with Gasteiger partial charge in [0.25, 0.3) is 0 Å². The Bertz CT molecular complexity index is 1800. The van der Waals surface area contributed by atoms with E-state index in [1.54, 1.807) is 0 Å². The van der Waals surface area contributed by atoms with Crippen LogP contribution >= 0.6 is 0 Å². The molecule has 178 valence electrons. The zero-order valence-corrected chi connectivity index (χ0v) is 20.8. The third kappa shape index (κ3) is 4.05. The van der Waals surface area contributed by atoms with Crippen molar-refractivity contribution in [2.75, 3.05) is 0 Å². The molecule has 0 fully saturated rings. The molecule has 7 rings (SSSR count). The molecule has 2 radical (unpaired) electrons. The molecule has 0 N–H and O–H groups in total. The predicted octanol–water partition coefficient (Wildman–Crippen LogP) is 7.64. The van der Waals surface area contributed by atoms with Gasteiger partial charge in [-0.25, -0.2) is 9.97 Å². The van der Waals surface area contributed by atoms with Crippen molar-refractivity contribution in [3.05, 3.63) is 121 Å². The van der Waals surface area contributed by atoms with Crippen molar-refractivity contribution in [1.82, 2.24) is 9.97 Å². The molecule has 3 nitrogen and oxygen atoms in total. The van der Waals surface area contributed by atoms with Crippen LogP contribution in [-0.2, 0) is 6.42 Å². The number of hydrogen-bond acceptors (Lipinski definition) is 3. The number of benzene rings is 4. The van der Waals surface area contributed by atoms with Gasteiger partial charge in [0.15, 0.2) is 5.82 Å². The van der Waals surface area contributed by atoms with Crippen molar-refractivity contribution in [1.29, 1.82) is 0 Å². The number of para-hydroxylation sites is 1. The Morgan fingerprint density at radius 3 is 2.08 bits per heavy atom. The monoisotopic (exact) mass is 486 g/mol. The molecule has 38 heavy (non-hydrogen) atoms. The molecular weight excluding hydrogens is 463 g/mol. The van der Waals surface area contributed by atoms with Gasteiger partial charge in [-0.05, 0) is 30.5 Å². The summed E-state index contributed by atoms with van der Waals surface area (Å²) in [5, 5.41) is 1.21. The summed E-state index contributed by atoms with van der Waals surface area (Å²) in [6.45, 7) is 0. The van der Waals surface area contributed by atoms with Crippen LogP contribution in [0.1, 0.15) is 17.7 Å². The summed E-state index contributed by atoms with van der Waals surface area (Å²) >= 11 is 0. The van der Waals surface area contributed by atoms with Crippen molar-refractivity contribution in [2.24, 2.45) is 0 Å². The summed E-state index contributed by atoms with van der Waals surface area (Å²) in [6.07, 6.45) is 6.37. The minimum Gasteiger partial charge on any atom is -0.456 e. The second-order valence-corrected chi connectivity index (χ2v) is 9.60. The maximum Gasteiger partial charge on any atom is 0.160 e. The van der Waals surface area contributed by atoms with Crippen LogP contribution in [0.5, 0.6) is 0 Å². The van der Waals surface area contributed by atoms with E-state index in [4.69, 9.17) is 22.2 Å². The summed E-state index contributed by atoms with van der Waals surface area (Å²) in [6, 6.07) is 34.9. The summed E-state index contributed by atoms with van der Waals surface area (Å²) in [4.78, 5) is 9.84. The summed E-state index contributed by atoms with van der Waals surface area (Å²) in [5.74, 6) is 1.68. The lowest BCUT2D eigenvalue weighted by Crippen LogP contribution is -2.00. The average molecular weight is 486 g/mol. The Labute approximate surface area is 222 Å². The highest BCUT2D eigenvalue weighted by atomic mass is 16.3. The van der Waals surface area contributed by atoms with E-state index in [0.29, 0.717) is 5.82 Å². The second kappa shape index (κ2) is 9.31. The molecule has 4 heteroatoms. The van der Waals surface area contributed by atoms with E-state index in [0.717, 1.165) is 68.9 Å². The van der Waals surface area contributed by atoms with Gasteiger partial charge in [-0.3, -0.25) is 0 Å². The fourth-order valence-corrected chi connectivity index (χ4v) is 5.16. The first-order chi connectivity index (χ1) is 18.7. The zero-order chi connectivity index (χ0) is 25.5. The van der Waals surface area contributed by atoms with E-state index in [1.807, 2.05) is 60.7 Å². The van der Waals surface area contributed by atoms with Crippen LogP contribution < -0.4 is 5.46 Å². The molecule has 0 saturated heterocycles. The molecule has 4 aromatic carbocycles. The van der Waals surface area contributed by atoms with Gasteiger partial charge in [0.05, 0.1) is 11.4 Å². The number of allylic oxidation sites excluding steroid dienone is 1. The molecule has 2 heterocycles. The maximum absolute atomic E-state index is 6.31. The largest absolute Gasteiger partial charge is 0.456 e. The minimum absolute atomic E-state index is 0.693. The molecule has 0 aliphatic heterocycles. The fraction of sp³-hybridized carbons (Fsp3) is 0.0588. The van der Waals surface area contributed by atoms with E-state index in [-0.39, 0.29) is 0 Å². The van der Waals surface area contributed by atoms with E-state index in [2.05, 4.69) is 54.6 Å². The quantitative estimate of drug-likeness (QED) is 0.240. The Morgan fingerprint density at radius 2 is 1.34 bits per heavy atom. The maximum atomic E-state index is 6.31. The first kappa shape index (κ1) is 22.5. The van der Waals surface area contributed by atoms with Crippen LogP contribution in [0.2, 0.25) is 0 Å². The van der Waals surface area contributed by atoms with Crippen molar-refractivity contribution in [3.63, 3.8) is 0 Å². The SMILES string of the molecule is [B]c1ccc(-c2cc(-c3ccc(-c4cccc5c6c(oc45)C=CCC6)cc3)nc(-c3ccccc3)n2)cc1. The highest BCUT2D eigenvalue weighted by Gasteiger charge is 2.18. The summed E-state index contributed by atoms with van der Waals surface area (Å²) in [7, 11) is 5.93. The molecule has 0 atom stereocenters.